The molecule has 1 saturated heterocycles. The van der Waals surface area contributed by atoms with Crippen LogP contribution in [-0.4, -0.2) is 54.3 Å². The number of hydrogen-bond donors (Lipinski definition) is 1. The van der Waals surface area contributed by atoms with E-state index in [4.69, 9.17) is 4.74 Å². The van der Waals surface area contributed by atoms with E-state index in [9.17, 15) is 9.59 Å². The van der Waals surface area contributed by atoms with Crippen molar-refractivity contribution in [3.8, 4) is 5.75 Å². The van der Waals surface area contributed by atoms with E-state index in [0.717, 1.165) is 53.8 Å². The number of ether oxygens (including phenoxy) is 1. The highest BCUT2D eigenvalue weighted by Gasteiger charge is 2.30. The molecule has 1 aliphatic carbocycles. The Bertz CT molecular complexity index is 1010. The largest absolute Gasteiger partial charge is 0.489 e. The molecular weight excluding hydrogens is 518 g/mol. The predicted molar refractivity (Wildman–Crippen MR) is 146 cm³/mol. The van der Waals surface area contributed by atoms with Crippen LogP contribution in [0.1, 0.15) is 56.6 Å². The monoisotopic (exact) mass is 555 g/mol. The number of hydrogen-bond acceptors (Lipinski definition) is 4. The quantitative estimate of drug-likeness (QED) is 0.464. The first-order chi connectivity index (χ1) is 17.4. The molecular formula is C29H38BrN3O3. The van der Waals surface area contributed by atoms with Gasteiger partial charge in [-0.05, 0) is 42.0 Å². The van der Waals surface area contributed by atoms with Gasteiger partial charge in [0, 0.05) is 49.2 Å². The Morgan fingerprint density at radius 3 is 2.39 bits per heavy atom. The van der Waals surface area contributed by atoms with Crippen molar-refractivity contribution in [2.75, 3.05) is 32.7 Å². The van der Waals surface area contributed by atoms with Crippen LogP contribution in [0.2, 0.25) is 0 Å². The molecule has 2 aromatic carbocycles. The van der Waals surface area contributed by atoms with E-state index in [-0.39, 0.29) is 23.8 Å². The second kappa shape index (κ2) is 12.7. The fourth-order valence-corrected chi connectivity index (χ4v) is 5.50. The Morgan fingerprint density at radius 1 is 0.972 bits per heavy atom. The van der Waals surface area contributed by atoms with Gasteiger partial charge in [-0.3, -0.25) is 14.5 Å². The summed E-state index contributed by atoms with van der Waals surface area (Å²) in [4.78, 5) is 29.4. The van der Waals surface area contributed by atoms with Crippen molar-refractivity contribution in [1.29, 1.82) is 0 Å². The Hall–Kier alpha value is -2.38. The third-order valence-corrected chi connectivity index (χ3v) is 8.01. The maximum Gasteiger partial charge on any atom is 0.242 e. The molecule has 0 spiro atoms. The summed E-state index contributed by atoms with van der Waals surface area (Å²) in [6, 6.07) is 16.3. The van der Waals surface area contributed by atoms with E-state index in [1.54, 1.807) is 0 Å². The summed E-state index contributed by atoms with van der Waals surface area (Å²) >= 11 is 3.47. The Kier molecular flexibility index (Phi) is 9.43. The highest BCUT2D eigenvalue weighted by atomic mass is 79.9. The number of rotatable bonds is 9. The molecule has 1 heterocycles. The number of para-hydroxylation sites is 1. The lowest BCUT2D eigenvalue weighted by molar-refractivity contribution is -0.135. The molecule has 0 bridgehead atoms. The number of nitrogens with one attached hydrogen (secondary N) is 1. The molecule has 36 heavy (non-hydrogen) atoms. The van der Waals surface area contributed by atoms with Gasteiger partial charge in [0.25, 0.3) is 0 Å². The van der Waals surface area contributed by atoms with Crippen LogP contribution in [0.15, 0.2) is 53.0 Å². The molecule has 1 N–H and O–H groups in total. The number of benzene rings is 2. The van der Waals surface area contributed by atoms with E-state index in [1.807, 2.05) is 35.2 Å². The van der Waals surface area contributed by atoms with Crippen molar-refractivity contribution >= 4 is 27.7 Å². The van der Waals surface area contributed by atoms with E-state index >= 15 is 0 Å². The lowest BCUT2D eigenvalue weighted by atomic mass is 9.73. The molecule has 7 heteroatoms. The number of carbonyl (C=O) groups excluding carboxylic acids is 2. The van der Waals surface area contributed by atoms with E-state index < -0.39 is 0 Å². The molecule has 6 nitrogen and oxygen atoms in total. The number of piperazine rings is 1. The summed E-state index contributed by atoms with van der Waals surface area (Å²) in [6.07, 6.45) is 6.41. The van der Waals surface area contributed by atoms with Crippen LogP contribution in [-0.2, 0) is 22.7 Å². The van der Waals surface area contributed by atoms with Gasteiger partial charge in [-0.1, -0.05) is 72.4 Å². The Balaban J connectivity index is 1.20. The summed E-state index contributed by atoms with van der Waals surface area (Å²) in [7, 11) is 0. The lowest BCUT2D eigenvalue weighted by Gasteiger charge is -2.35. The molecule has 194 valence electrons. The normalized spacial score (nSPS) is 18.0. The summed E-state index contributed by atoms with van der Waals surface area (Å²) in [5.41, 5.74) is 2.37. The van der Waals surface area contributed by atoms with Crippen molar-refractivity contribution in [2.24, 2.45) is 5.41 Å². The zero-order valence-electron chi connectivity index (χ0n) is 21.3. The first kappa shape index (κ1) is 26.7. The van der Waals surface area contributed by atoms with E-state index in [0.29, 0.717) is 26.1 Å². The molecule has 0 atom stereocenters. The van der Waals surface area contributed by atoms with Crippen LogP contribution in [0.5, 0.6) is 5.75 Å². The molecule has 2 aliphatic rings. The fourth-order valence-electron chi connectivity index (χ4n) is 5.23. The topological polar surface area (TPSA) is 61.9 Å². The van der Waals surface area contributed by atoms with Crippen molar-refractivity contribution in [2.45, 2.75) is 58.6 Å². The zero-order chi connectivity index (χ0) is 25.4. The van der Waals surface area contributed by atoms with Crippen molar-refractivity contribution in [3.63, 3.8) is 0 Å². The van der Waals surface area contributed by atoms with Gasteiger partial charge < -0.3 is 15.0 Å². The third-order valence-electron chi connectivity index (χ3n) is 7.48. The number of amides is 2. The second-order valence-electron chi connectivity index (χ2n) is 10.5. The molecule has 4 rings (SSSR count). The van der Waals surface area contributed by atoms with Gasteiger partial charge in [-0.25, -0.2) is 0 Å². The minimum Gasteiger partial charge on any atom is -0.489 e. The van der Waals surface area contributed by atoms with Crippen molar-refractivity contribution in [3.05, 3.63) is 64.1 Å². The summed E-state index contributed by atoms with van der Waals surface area (Å²) in [6.45, 7) is 6.57. The van der Waals surface area contributed by atoms with Crippen LogP contribution in [0.3, 0.4) is 0 Å². The number of carbonyl (C=O) groups is 2. The molecule has 0 unspecified atom stereocenters. The molecule has 0 aromatic heterocycles. The minimum atomic E-state index is 0.00568. The summed E-state index contributed by atoms with van der Waals surface area (Å²) in [5, 5.41) is 2.88. The highest BCUT2D eigenvalue weighted by Crippen LogP contribution is 2.38. The SMILES string of the molecule is CC1(CC(=O)NCC(=O)N2CCN(Cc3ccccc3OCc3ccc(Br)cc3)CC2)CCCCC1. The van der Waals surface area contributed by atoms with Gasteiger partial charge in [0.2, 0.25) is 11.8 Å². The molecule has 2 amide bonds. The average Bonchev–Trinajstić information content (AvgIpc) is 2.88. The molecule has 2 aromatic rings. The van der Waals surface area contributed by atoms with E-state index in [1.165, 1.54) is 19.3 Å². The fraction of sp³-hybridized carbons (Fsp3) is 0.517. The third kappa shape index (κ3) is 7.81. The molecule has 1 aliphatic heterocycles. The van der Waals surface area contributed by atoms with Crippen molar-refractivity contribution in [1.82, 2.24) is 15.1 Å². The van der Waals surface area contributed by atoms with E-state index in [2.05, 4.69) is 51.3 Å². The Labute approximate surface area is 223 Å². The van der Waals surface area contributed by atoms with Crippen molar-refractivity contribution < 1.29 is 14.3 Å². The highest BCUT2D eigenvalue weighted by molar-refractivity contribution is 9.10. The molecule has 2 fully saturated rings. The van der Waals surface area contributed by atoms with Gasteiger partial charge in [0.15, 0.2) is 0 Å². The first-order valence-electron chi connectivity index (χ1n) is 13.1. The zero-order valence-corrected chi connectivity index (χ0v) is 22.9. The molecule has 0 radical (unpaired) electrons. The smallest absolute Gasteiger partial charge is 0.242 e. The van der Waals surface area contributed by atoms with Gasteiger partial charge in [-0.2, -0.15) is 0 Å². The number of nitrogens with zero attached hydrogens (tertiary/aromatic N) is 2. The van der Waals surface area contributed by atoms with Gasteiger partial charge in [-0.15, -0.1) is 0 Å². The number of halogens is 1. The maximum atomic E-state index is 12.7. The minimum absolute atomic E-state index is 0.00568. The van der Waals surface area contributed by atoms with Gasteiger partial charge in [0.1, 0.15) is 12.4 Å². The van der Waals surface area contributed by atoms with Crippen LogP contribution in [0, 0.1) is 5.41 Å². The van der Waals surface area contributed by atoms with Crippen LogP contribution >= 0.6 is 15.9 Å². The second-order valence-corrected chi connectivity index (χ2v) is 11.4. The van der Waals surface area contributed by atoms with Gasteiger partial charge >= 0.3 is 0 Å². The predicted octanol–water partition coefficient (Wildman–Crippen LogP) is 5.15. The lowest BCUT2D eigenvalue weighted by Crippen LogP contribution is -2.51. The summed E-state index contributed by atoms with van der Waals surface area (Å²) in [5.74, 6) is 0.912. The Morgan fingerprint density at radius 2 is 1.67 bits per heavy atom. The van der Waals surface area contributed by atoms with Gasteiger partial charge in [0.05, 0.1) is 6.54 Å². The average molecular weight is 557 g/mol. The van der Waals surface area contributed by atoms with Crippen LogP contribution in [0.4, 0.5) is 0 Å². The van der Waals surface area contributed by atoms with Crippen LogP contribution in [0.25, 0.3) is 0 Å². The first-order valence-corrected chi connectivity index (χ1v) is 13.9. The molecule has 1 saturated carbocycles. The standard InChI is InChI=1S/C29H38BrN3O3/c1-29(13-5-2-6-14-29)19-27(34)31-20-28(35)33-17-15-32(16-18-33)21-24-7-3-4-8-26(24)36-22-23-9-11-25(30)12-10-23/h3-4,7-12H,2,5-6,13-22H2,1H3,(H,31,34). The maximum absolute atomic E-state index is 12.7. The summed E-state index contributed by atoms with van der Waals surface area (Å²) < 4.78 is 7.19. The van der Waals surface area contributed by atoms with Crippen LogP contribution < -0.4 is 10.1 Å².